The fraction of sp³-hybridized carbons (Fsp3) is 0.0435. The molecule has 2 heterocycles. The van der Waals surface area contributed by atoms with Crippen molar-refractivity contribution >= 4 is 33.7 Å². The van der Waals surface area contributed by atoms with E-state index < -0.39 is 0 Å². The lowest BCUT2D eigenvalue weighted by Crippen LogP contribution is -2.31. The van der Waals surface area contributed by atoms with Crippen LogP contribution in [0.1, 0.15) is 12.8 Å². The molecule has 0 saturated heterocycles. The van der Waals surface area contributed by atoms with Gasteiger partial charge in [-0.15, -0.1) is 0 Å². The minimum atomic E-state index is 0.985. The lowest BCUT2D eigenvalue weighted by molar-refractivity contribution is 1.12. The standard InChI is InChI=1S/C46H32N2/c1-2-12-37-31(10-1)11-9-15-38(37)36-26-27-41-42(30-36)46(35-24-20-33(21-25-35)44-17-6-8-29-48-44)40-14-4-3-13-39(40)45(41)34-22-18-32(19-23-34)43-16-5-7-28-47-43/h1-2,5-30H,3-4H2. The molecule has 8 aromatic rings. The SMILES string of the molecule is C1=c2c(-c3ccc(-c4ccccn4)cc3)c3ccc(-c4cccc5ccccc45)cc3c(-c3ccc(-c4ccccn4)cc3)c2=CCC1. The fourth-order valence-corrected chi connectivity index (χ4v) is 7.36. The van der Waals surface area contributed by atoms with E-state index in [1.54, 1.807) is 0 Å². The van der Waals surface area contributed by atoms with E-state index in [2.05, 4.69) is 143 Å². The van der Waals surface area contributed by atoms with Crippen LogP contribution in [0.2, 0.25) is 0 Å². The number of rotatable bonds is 5. The van der Waals surface area contributed by atoms with Crippen molar-refractivity contribution in [2.24, 2.45) is 0 Å². The van der Waals surface area contributed by atoms with Crippen molar-refractivity contribution < 1.29 is 0 Å². The number of hydrogen-bond donors (Lipinski definition) is 0. The van der Waals surface area contributed by atoms with Crippen molar-refractivity contribution in [3.63, 3.8) is 0 Å². The topological polar surface area (TPSA) is 25.8 Å². The van der Waals surface area contributed by atoms with Gasteiger partial charge < -0.3 is 0 Å². The van der Waals surface area contributed by atoms with E-state index in [-0.39, 0.29) is 0 Å². The molecule has 0 saturated carbocycles. The Hall–Kier alpha value is -6.12. The number of fused-ring (bicyclic) bond motifs is 3. The van der Waals surface area contributed by atoms with Gasteiger partial charge in [0.05, 0.1) is 11.4 Å². The summed E-state index contributed by atoms with van der Waals surface area (Å²) in [4.78, 5) is 9.18. The van der Waals surface area contributed by atoms with Gasteiger partial charge in [0.25, 0.3) is 0 Å². The van der Waals surface area contributed by atoms with Crippen molar-refractivity contribution in [2.75, 3.05) is 0 Å². The molecular formula is C46H32N2. The third kappa shape index (κ3) is 4.90. The third-order valence-corrected chi connectivity index (χ3v) is 9.62. The summed E-state index contributed by atoms with van der Waals surface area (Å²) in [5.74, 6) is 0. The van der Waals surface area contributed by atoms with Gasteiger partial charge in [0.1, 0.15) is 0 Å². The Bertz CT molecular complexity index is 2560. The van der Waals surface area contributed by atoms with E-state index >= 15 is 0 Å². The largest absolute Gasteiger partial charge is 0.256 e. The molecule has 9 rings (SSSR count). The average Bonchev–Trinajstić information content (AvgIpc) is 3.17. The van der Waals surface area contributed by atoms with E-state index in [4.69, 9.17) is 0 Å². The highest BCUT2D eigenvalue weighted by Gasteiger charge is 2.18. The summed E-state index contributed by atoms with van der Waals surface area (Å²) in [6, 6.07) is 52.4. The van der Waals surface area contributed by atoms with Crippen LogP contribution in [0.15, 0.2) is 158 Å². The highest BCUT2D eigenvalue weighted by atomic mass is 14.7. The minimum absolute atomic E-state index is 0.985. The molecule has 0 N–H and O–H groups in total. The normalized spacial score (nSPS) is 12.3. The van der Waals surface area contributed by atoms with Crippen LogP contribution < -0.4 is 10.4 Å². The van der Waals surface area contributed by atoms with Crippen LogP contribution in [0.5, 0.6) is 0 Å². The lowest BCUT2D eigenvalue weighted by atomic mass is 9.84. The summed E-state index contributed by atoms with van der Waals surface area (Å²) in [7, 11) is 0. The molecule has 6 aromatic carbocycles. The second-order valence-corrected chi connectivity index (χ2v) is 12.4. The number of nitrogens with zero attached hydrogens (tertiary/aromatic N) is 2. The van der Waals surface area contributed by atoms with Crippen LogP contribution in [-0.2, 0) is 0 Å². The Labute approximate surface area is 280 Å². The second kappa shape index (κ2) is 11.9. The molecule has 0 radical (unpaired) electrons. The van der Waals surface area contributed by atoms with Crippen LogP contribution in [0, 0.1) is 0 Å². The van der Waals surface area contributed by atoms with E-state index in [0.29, 0.717) is 0 Å². The maximum atomic E-state index is 4.60. The first-order chi connectivity index (χ1) is 23.8. The Balaban J connectivity index is 1.31. The lowest BCUT2D eigenvalue weighted by Gasteiger charge is -2.19. The van der Waals surface area contributed by atoms with Crippen molar-refractivity contribution in [1.29, 1.82) is 0 Å². The van der Waals surface area contributed by atoms with Crippen molar-refractivity contribution in [3.8, 4) is 55.9 Å². The average molecular weight is 613 g/mol. The first kappa shape index (κ1) is 28.1. The van der Waals surface area contributed by atoms with Gasteiger partial charge in [0.2, 0.25) is 0 Å². The minimum Gasteiger partial charge on any atom is -0.256 e. The summed E-state index contributed by atoms with van der Waals surface area (Å²) >= 11 is 0. The summed E-state index contributed by atoms with van der Waals surface area (Å²) < 4.78 is 0. The second-order valence-electron chi connectivity index (χ2n) is 12.4. The predicted molar refractivity (Wildman–Crippen MR) is 202 cm³/mol. The maximum absolute atomic E-state index is 4.60. The van der Waals surface area contributed by atoms with Crippen LogP contribution in [0.4, 0.5) is 0 Å². The molecule has 2 heteroatoms. The molecule has 1 aliphatic rings. The van der Waals surface area contributed by atoms with E-state index in [1.165, 1.54) is 65.4 Å². The summed E-state index contributed by atoms with van der Waals surface area (Å²) in [5, 5.41) is 7.68. The number of hydrogen-bond acceptors (Lipinski definition) is 2. The molecule has 0 atom stereocenters. The van der Waals surface area contributed by atoms with E-state index in [1.807, 2.05) is 36.7 Å². The van der Waals surface area contributed by atoms with E-state index in [9.17, 15) is 0 Å². The van der Waals surface area contributed by atoms with Gasteiger partial charge in [-0.3, -0.25) is 9.97 Å². The van der Waals surface area contributed by atoms with Crippen LogP contribution >= 0.6 is 0 Å². The quantitative estimate of drug-likeness (QED) is 0.193. The van der Waals surface area contributed by atoms with Gasteiger partial charge in [0, 0.05) is 23.5 Å². The van der Waals surface area contributed by atoms with Crippen LogP contribution in [-0.4, -0.2) is 9.97 Å². The van der Waals surface area contributed by atoms with Gasteiger partial charge in [-0.1, -0.05) is 127 Å². The first-order valence-corrected chi connectivity index (χ1v) is 16.6. The Morgan fingerprint density at radius 1 is 0.375 bits per heavy atom. The number of pyridine rings is 2. The molecule has 1 aliphatic carbocycles. The zero-order valence-electron chi connectivity index (χ0n) is 26.5. The first-order valence-electron chi connectivity index (χ1n) is 16.6. The molecule has 0 bridgehead atoms. The summed E-state index contributed by atoms with van der Waals surface area (Å²) in [6.07, 6.45) is 10.7. The van der Waals surface area contributed by atoms with Gasteiger partial charge in [0.15, 0.2) is 0 Å². The van der Waals surface area contributed by atoms with Crippen molar-refractivity contribution in [3.05, 3.63) is 168 Å². The van der Waals surface area contributed by atoms with Gasteiger partial charge >= 0.3 is 0 Å². The molecule has 0 spiro atoms. The molecule has 0 amide bonds. The van der Waals surface area contributed by atoms with Gasteiger partial charge in [-0.2, -0.15) is 0 Å². The molecule has 0 unspecified atom stereocenters. The zero-order chi connectivity index (χ0) is 31.9. The Kier molecular flexibility index (Phi) is 6.98. The molecule has 0 aliphatic heterocycles. The molecule has 2 aromatic heterocycles. The van der Waals surface area contributed by atoms with E-state index in [0.717, 1.165) is 35.4 Å². The van der Waals surface area contributed by atoms with Crippen molar-refractivity contribution in [2.45, 2.75) is 12.8 Å². The molecule has 48 heavy (non-hydrogen) atoms. The van der Waals surface area contributed by atoms with Gasteiger partial charge in [-0.25, -0.2) is 0 Å². The number of aromatic nitrogens is 2. The fourth-order valence-electron chi connectivity index (χ4n) is 7.36. The molecule has 0 fully saturated rings. The third-order valence-electron chi connectivity index (χ3n) is 9.62. The Morgan fingerprint density at radius 2 is 0.896 bits per heavy atom. The highest BCUT2D eigenvalue weighted by molar-refractivity contribution is 6.09. The van der Waals surface area contributed by atoms with Crippen LogP contribution in [0.3, 0.4) is 0 Å². The summed E-state index contributed by atoms with van der Waals surface area (Å²) in [5.41, 5.74) is 11.7. The monoisotopic (exact) mass is 612 g/mol. The molecule has 2 nitrogen and oxygen atoms in total. The zero-order valence-corrected chi connectivity index (χ0v) is 26.5. The van der Waals surface area contributed by atoms with Gasteiger partial charge in [-0.05, 0) is 109 Å². The Morgan fingerprint density at radius 3 is 1.50 bits per heavy atom. The molecular weight excluding hydrogens is 581 g/mol. The van der Waals surface area contributed by atoms with Crippen molar-refractivity contribution in [1.82, 2.24) is 9.97 Å². The highest BCUT2D eigenvalue weighted by Crippen LogP contribution is 2.37. The number of benzene rings is 6. The maximum Gasteiger partial charge on any atom is 0.0701 e. The smallest absolute Gasteiger partial charge is 0.0701 e. The summed E-state index contributed by atoms with van der Waals surface area (Å²) in [6.45, 7) is 0. The van der Waals surface area contributed by atoms with Crippen LogP contribution in [0.25, 0.3) is 89.6 Å². The molecule has 226 valence electrons. The predicted octanol–water partition coefficient (Wildman–Crippen LogP) is 10.5.